The molecule has 5 nitrogen and oxygen atoms in total. The Hall–Kier alpha value is -2.63. The van der Waals surface area contributed by atoms with Gasteiger partial charge in [-0.3, -0.25) is 9.20 Å². The minimum Gasteiger partial charge on any atom is -0.489 e. The van der Waals surface area contributed by atoms with E-state index in [1.807, 2.05) is 47.9 Å². The number of nitrogens with one attached hydrogen (secondary N) is 1. The predicted molar refractivity (Wildman–Crippen MR) is 88.8 cm³/mol. The second-order valence-corrected chi connectivity index (χ2v) is 6.08. The van der Waals surface area contributed by atoms with Crippen molar-refractivity contribution in [2.75, 3.05) is 6.61 Å². The van der Waals surface area contributed by atoms with Gasteiger partial charge < -0.3 is 10.1 Å². The van der Waals surface area contributed by atoms with E-state index in [-0.39, 0.29) is 18.6 Å². The fraction of sp³-hybridized carbons (Fsp3) is 0.333. The maximum absolute atomic E-state index is 13.9. The number of hydrogen-bond acceptors (Lipinski definition) is 3. The van der Waals surface area contributed by atoms with Gasteiger partial charge in [-0.15, -0.1) is 0 Å². The highest BCUT2D eigenvalue weighted by Gasteiger charge is 2.41. The van der Waals surface area contributed by atoms with E-state index in [0.717, 1.165) is 16.6 Å². The van der Waals surface area contributed by atoms with Crippen molar-refractivity contribution < 1.29 is 13.9 Å². The average Bonchev–Trinajstić information content (AvgIpc) is 3.17. The lowest BCUT2D eigenvalue weighted by Crippen LogP contribution is -2.34. The molecule has 24 heavy (non-hydrogen) atoms. The van der Waals surface area contributed by atoms with Crippen molar-refractivity contribution in [3.8, 4) is 5.75 Å². The molecule has 3 heterocycles. The lowest BCUT2D eigenvalue weighted by molar-refractivity contribution is -0.123. The van der Waals surface area contributed by atoms with E-state index >= 15 is 0 Å². The fourth-order valence-electron chi connectivity index (χ4n) is 3.44. The van der Waals surface area contributed by atoms with Crippen LogP contribution in [0.2, 0.25) is 0 Å². The second kappa shape index (κ2) is 5.78. The number of amides is 1. The topological polar surface area (TPSA) is 55.6 Å². The van der Waals surface area contributed by atoms with Crippen molar-refractivity contribution in [1.29, 1.82) is 0 Å². The Balaban J connectivity index is 1.65. The summed E-state index contributed by atoms with van der Waals surface area (Å²) >= 11 is 0. The van der Waals surface area contributed by atoms with Crippen molar-refractivity contribution in [2.45, 2.75) is 25.6 Å². The first-order valence-corrected chi connectivity index (χ1v) is 8.11. The maximum atomic E-state index is 13.9. The minimum absolute atomic E-state index is 0.245. The van der Waals surface area contributed by atoms with Gasteiger partial charge >= 0.3 is 0 Å². The third-order valence-corrected chi connectivity index (χ3v) is 4.71. The molecule has 0 unspecified atom stereocenters. The summed E-state index contributed by atoms with van der Waals surface area (Å²) in [5.74, 6) is -0.186. The Morgan fingerprint density at radius 3 is 3.04 bits per heavy atom. The third-order valence-electron chi connectivity index (χ3n) is 4.71. The highest BCUT2D eigenvalue weighted by atomic mass is 19.1. The number of fused-ring (bicyclic) bond motifs is 3. The number of imidazole rings is 1. The number of carbonyl (C=O) groups excluding carboxylic acids is 1. The van der Waals surface area contributed by atoms with E-state index in [9.17, 15) is 9.18 Å². The number of pyridine rings is 1. The monoisotopic (exact) mass is 327 g/mol. The van der Waals surface area contributed by atoms with Gasteiger partial charge in [-0.1, -0.05) is 19.1 Å². The molecule has 4 rings (SSSR count). The van der Waals surface area contributed by atoms with E-state index in [1.54, 1.807) is 6.20 Å². The predicted octanol–water partition coefficient (Wildman–Crippen LogP) is 2.73. The highest BCUT2D eigenvalue weighted by molar-refractivity contribution is 5.87. The van der Waals surface area contributed by atoms with Crippen molar-refractivity contribution in [3.05, 3.63) is 42.7 Å². The molecule has 3 aromatic rings. The van der Waals surface area contributed by atoms with Gasteiger partial charge in [-0.2, -0.15) is 0 Å². The molecule has 6 heteroatoms. The lowest BCUT2D eigenvalue weighted by Gasteiger charge is -2.19. The van der Waals surface area contributed by atoms with Crippen molar-refractivity contribution in [3.63, 3.8) is 0 Å². The van der Waals surface area contributed by atoms with E-state index in [4.69, 9.17) is 4.74 Å². The van der Waals surface area contributed by atoms with Gasteiger partial charge in [-0.05, 0) is 24.6 Å². The van der Waals surface area contributed by atoms with Crippen LogP contribution in [0.3, 0.4) is 0 Å². The molecular weight excluding hydrogens is 309 g/mol. The van der Waals surface area contributed by atoms with Gasteiger partial charge in [0.2, 0.25) is 0 Å². The quantitative estimate of drug-likeness (QED) is 0.802. The SMILES string of the molecule is CC[C@H]1[C@@H](COc2cccc3ccc4nccn4c23)NC(=O)[C@@H]1F. The zero-order valence-electron chi connectivity index (χ0n) is 13.3. The van der Waals surface area contributed by atoms with Crippen LogP contribution in [0.15, 0.2) is 42.7 Å². The van der Waals surface area contributed by atoms with E-state index in [1.165, 1.54) is 0 Å². The van der Waals surface area contributed by atoms with Crippen LogP contribution in [0.5, 0.6) is 5.75 Å². The van der Waals surface area contributed by atoms with Gasteiger partial charge in [0.1, 0.15) is 18.0 Å². The van der Waals surface area contributed by atoms with Crippen LogP contribution in [0, 0.1) is 5.92 Å². The van der Waals surface area contributed by atoms with Crippen LogP contribution < -0.4 is 10.1 Å². The summed E-state index contributed by atoms with van der Waals surface area (Å²) in [6.45, 7) is 2.13. The molecule has 0 bridgehead atoms. The number of benzene rings is 1. The minimum atomic E-state index is -1.45. The molecule has 3 atom stereocenters. The molecule has 0 saturated carbocycles. The summed E-state index contributed by atoms with van der Waals surface area (Å²) in [6.07, 6.45) is 2.77. The van der Waals surface area contributed by atoms with Crippen LogP contribution >= 0.6 is 0 Å². The molecule has 1 fully saturated rings. The molecule has 1 aliphatic heterocycles. The van der Waals surface area contributed by atoms with Crippen LogP contribution in [0.4, 0.5) is 4.39 Å². The molecule has 0 radical (unpaired) electrons. The molecular formula is C18H18FN3O2. The fourth-order valence-corrected chi connectivity index (χ4v) is 3.44. The van der Waals surface area contributed by atoms with E-state index in [0.29, 0.717) is 12.2 Å². The molecule has 1 N–H and O–H groups in total. The van der Waals surface area contributed by atoms with E-state index in [2.05, 4.69) is 10.3 Å². The highest BCUT2D eigenvalue weighted by Crippen LogP contribution is 2.29. The zero-order valence-corrected chi connectivity index (χ0v) is 13.3. The Kier molecular flexibility index (Phi) is 3.59. The molecule has 0 aliphatic carbocycles. The molecule has 1 amide bonds. The molecule has 124 valence electrons. The van der Waals surface area contributed by atoms with Gasteiger partial charge in [0.05, 0.1) is 11.6 Å². The number of alkyl halides is 1. The Morgan fingerprint density at radius 1 is 1.33 bits per heavy atom. The molecule has 1 aromatic carbocycles. The van der Waals surface area contributed by atoms with E-state index < -0.39 is 12.1 Å². The number of hydrogen-bond donors (Lipinski definition) is 1. The smallest absolute Gasteiger partial charge is 0.255 e. The first-order valence-electron chi connectivity index (χ1n) is 8.11. The van der Waals surface area contributed by atoms with Gasteiger partial charge in [0.15, 0.2) is 6.17 Å². The summed E-state index contributed by atoms with van der Waals surface area (Å²) in [4.78, 5) is 15.9. The number of nitrogens with zero attached hydrogens (tertiary/aromatic N) is 2. The standard InChI is InChI=1S/C18H18FN3O2/c1-2-12-13(21-18(23)16(12)19)10-24-14-5-3-4-11-6-7-15-20-8-9-22(15)17(11)14/h3-9,12-13,16H,2,10H2,1H3,(H,21,23)/t12-,13+,16+/m0/s1. The summed E-state index contributed by atoms with van der Waals surface area (Å²) in [6, 6.07) is 9.44. The summed E-state index contributed by atoms with van der Waals surface area (Å²) in [5.41, 5.74) is 1.75. The number of ether oxygens (including phenoxy) is 1. The molecule has 0 spiro atoms. The largest absolute Gasteiger partial charge is 0.489 e. The molecule has 1 aliphatic rings. The Bertz CT molecular complexity index is 908. The Labute approximate surface area is 138 Å². The Morgan fingerprint density at radius 2 is 2.21 bits per heavy atom. The van der Waals surface area contributed by atoms with Crippen LogP contribution in [-0.4, -0.2) is 34.1 Å². The van der Waals surface area contributed by atoms with Gasteiger partial charge in [0.25, 0.3) is 5.91 Å². The molecule has 1 saturated heterocycles. The summed E-state index contributed by atoms with van der Waals surface area (Å²) in [7, 11) is 0. The lowest BCUT2D eigenvalue weighted by atomic mass is 9.97. The second-order valence-electron chi connectivity index (χ2n) is 6.08. The van der Waals surface area contributed by atoms with Gasteiger partial charge in [0, 0.05) is 23.7 Å². The van der Waals surface area contributed by atoms with Gasteiger partial charge in [-0.25, -0.2) is 9.37 Å². The zero-order chi connectivity index (χ0) is 16.7. The maximum Gasteiger partial charge on any atom is 0.255 e. The molecule has 2 aromatic heterocycles. The van der Waals surface area contributed by atoms with Crippen molar-refractivity contribution in [2.24, 2.45) is 5.92 Å². The number of halogens is 1. The number of para-hydroxylation sites is 1. The number of rotatable bonds is 4. The third kappa shape index (κ3) is 2.29. The number of aromatic nitrogens is 2. The normalized spacial score (nSPS) is 23.8. The number of carbonyl (C=O) groups is 1. The van der Waals surface area contributed by atoms with Crippen LogP contribution in [0.1, 0.15) is 13.3 Å². The van der Waals surface area contributed by atoms with Crippen molar-refractivity contribution in [1.82, 2.24) is 14.7 Å². The average molecular weight is 327 g/mol. The first kappa shape index (κ1) is 14.9. The summed E-state index contributed by atoms with van der Waals surface area (Å²) in [5, 5.41) is 3.73. The summed E-state index contributed by atoms with van der Waals surface area (Å²) < 4.78 is 21.8. The van der Waals surface area contributed by atoms with Crippen molar-refractivity contribution >= 4 is 22.5 Å². The van der Waals surface area contributed by atoms with Crippen LogP contribution in [0.25, 0.3) is 16.6 Å². The van der Waals surface area contributed by atoms with Crippen LogP contribution in [-0.2, 0) is 4.79 Å². The first-order chi connectivity index (χ1) is 11.7.